The summed E-state index contributed by atoms with van der Waals surface area (Å²) in [6, 6.07) is 0.247. The van der Waals surface area contributed by atoms with Crippen molar-refractivity contribution in [3.8, 4) is 0 Å². The van der Waals surface area contributed by atoms with Gasteiger partial charge in [-0.15, -0.1) is 24.8 Å². The molecule has 1 fully saturated rings. The van der Waals surface area contributed by atoms with Crippen molar-refractivity contribution in [2.75, 3.05) is 32.7 Å². The maximum absolute atomic E-state index is 12.0. The van der Waals surface area contributed by atoms with Gasteiger partial charge in [0.05, 0.1) is 0 Å². The van der Waals surface area contributed by atoms with Crippen molar-refractivity contribution in [1.29, 1.82) is 0 Å². The standard InChI is InChI=1S/C13H27N3O.2ClH/c1-4-16(5-2)10-11(3)15-13(17)12-6-8-14-9-7-12;;/h11-12,14H,4-10H2,1-3H3,(H,15,17);2*1H. The third-order valence-electron chi connectivity index (χ3n) is 3.53. The maximum atomic E-state index is 12.0. The van der Waals surface area contributed by atoms with E-state index in [1.807, 2.05) is 0 Å². The first kappa shape index (κ1) is 21.3. The molecule has 1 aliphatic rings. The van der Waals surface area contributed by atoms with Crippen LogP contribution in [-0.2, 0) is 4.79 Å². The Morgan fingerprint density at radius 2 is 1.79 bits per heavy atom. The van der Waals surface area contributed by atoms with Crippen molar-refractivity contribution in [3.63, 3.8) is 0 Å². The highest BCUT2D eigenvalue weighted by Crippen LogP contribution is 2.11. The van der Waals surface area contributed by atoms with Gasteiger partial charge in [-0.3, -0.25) is 4.79 Å². The Hall–Kier alpha value is -0.0300. The minimum Gasteiger partial charge on any atom is -0.352 e. The summed E-state index contributed by atoms with van der Waals surface area (Å²) in [5, 5.41) is 6.43. The van der Waals surface area contributed by atoms with E-state index in [1.165, 1.54) is 0 Å². The van der Waals surface area contributed by atoms with Crippen LogP contribution in [0.25, 0.3) is 0 Å². The second-order valence-electron chi connectivity index (χ2n) is 4.92. The van der Waals surface area contributed by atoms with Crippen molar-refractivity contribution in [2.24, 2.45) is 5.92 Å². The Kier molecular flexibility index (Phi) is 13.2. The SMILES string of the molecule is CCN(CC)CC(C)NC(=O)C1CCNCC1.Cl.Cl. The molecule has 1 heterocycles. The van der Waals surface area contributed by atoms with Crippen LogP contribution in [0.1, 0.15) is 33.6 Å². The molecule has 1 amide bonds. The predicted molar refractivity (Wildman–Crippen MR) is 85.5 cm³/mol. The summed E-state index contributed by atoms with van der Waals surface area (Å²) in [5.74, 6) is 0.460. The van der Waals surface area contributed by atoms with Crippen LogP contribution in [0.15, 0.2) is 0 Å². The number of nitrogens with zero attached hydrogens (tertiary/aromatic N) is 1. The summed E-state index contributed by atoms with van der Waals surface area (Å²) in [6.07, 6.45) is 1.95. The zero-order valence-electron chi connectivity index (χ0n) is 12.3. The topological polar surface area (TPSA) is 44.4 Å². The Morgan fingerprint density at radius 3 is 2.26 bits per heavy atom. The number of nitrogens with one attached hydrogen (secondary N) is 2. The van der Waals surface area contributed by atoms with Gasteiger partial charge in [0.25, 0.3) is 0 Å². The number of rotatable bonds is 6. The number of amides is 1. The van der Waals surface area contributed by atoms with E-state index in [9.17, 15) is 4.79 Å². The molecule has 2 N–H and O–H groups in total. The Morgan fingerprint density at radius 1 is 1.26 bits per heavy atom. The number of likely N-dealkylation sites (N-methyl/N-ethyl adjacent to an activating group) is 1. The van der Waals surface area contributed by atoms with Gasteiger partial charge in [-0.25, -0.2) is 0 Å². The molecule has 0 saturated carbocycles. The molecule has 1 rings (SSSR count). The van der Waals surface area contributed by atoms with E-state index in [0.717, 1.165) is 45.6 Å². The molecule has 1 saturated heterocycles. The average Bonchev–Trinajstić information content (AvgIpc) is 2.37. The fraction of sp³-hybridized carbons (Fsp3) is 0.923. The van der Waals surface area contributed by atoms with Gasteiger partial charge in [0.1, 0.15) is 0 Å². The smallest absolute Gasteiger partial charge is 0.223 e. The van der Waals surface area contributed by atoms with E-state index in [1.54, 1.807) is 0 Å². The summed E-state index contributed by atoms with van der Waals surface area (Å²) in [5.41, 5.74) is 0. The van der Waals surface area contributed by atoms with Crippen LogP contribution in [0, 0.1) is 5.92 Å². The maximum Gasteiger partial charge on any atom is 0.223 e. The molecular weight excluding hydrogens is 285 g/mol. The molecule has 0 aliphatic carbocycles. The van der Waals surface area contributed by atoms with Crippen LogP contribution in [-0.4, -0.2) is 49.6 Å². The van der Waals surface area contributed by atoms with Gasteiger partial charge >= 0.3 is 0 Å². The Bertz CT molecular complexity index is 232. The van der Waals surface area contributed by atoms with Gasteiger partial charge in [0.2, 0.25) is 5.91 Å². The molecular formula is C13H29Cl2N3O. The molecule has 1 aliphatic heterocycles. The minimum atomic E-state index is 0. The lowest BCUT2D eigenvalue weighted by atomic mass is 9.97. The average molecular weight is 314 g/mol. The lowest BCUT2D eigenvalue weighted by Crippen LogP contribution is -2.46. The molecule has 1 atom stereocenters. The van der Waals surface area contributed by atoms with Crippen LogP contribution < -0.4 is 10.6 Å². The van der Waals surface area contributed by atoms with E-state index in [2.05, 4.69) is 36.3 Å². The lowest BCUT2D eigenvalue weighted by molar-refractivity contribution is -0.126. The van der Waals surface area contributed by atoms with Gasteiger partial charge in [-0.1, -0.05) is 13.8 Å². The number of carbonyl (C=O) groups excluding carboxylic acids is 1. The van der Waals surface area contributed by atoms with Gasteiger partial charge in [0, 0.05) is 18.5 Å². The minimum absolute atomic E-state index is 0. The molecule has 0 bridgehead atoms. The van der Waals surface area contributed by atoms with Crippen molar-refractivity contribution in [1.82, 2.24) is 15.5 Å². The number of hydrogen-bond donors (Lipinski definition) is 2. The van der Waals surface area contributed by atoms with Gasteiger partial charge in [-0.2, -0.15) is 0 Å². The predicted octanol–water partition coefficient (Wildman–Crippen LogP) is 1.68. The number of piperidine rings is 1. The molecule has 0 spiro atoms. The molecule has 0 aromatic rings. The summed E-state index contributed by atoms with van der Waals surface area (Å²) in [7, 11) is 0. The van der Waals surface area contributed by atoms with Crippen molar-refractivity contribution < 1.29 is 4.79 Å². The molecule has 0 radical (unpaired) electrons. The van der Waals surface area contributed by atoms with E-state index in [4.69, 9.17) is 0 Å². The Labute approximate surface area is 129 Å². The number of carbonyl (C=O) groups is 1. The zero-order valence-corrected chi connectivity index (χ0v) is 13.9. The van der Waals surface area contributed by atoms with Gasteiger partial charge in [0.15, 0.2) is 0 Å². The summed E-state index contributed by atoms with van der Waals surface area (Å²) in [6.45, 7) is 11.4. The molecule has 0 aromatic heterocycles. The first-order chi connectivity index (χ1) is 8.17. The van der Waals surface area contributed by atoms with Crippen molar-refractivity contribution in [2.45, 2.75) is 39.7 Å². The first-order valence-electron chi connectivity index (χ1n) is 6.90. The van der Waals surface area contributed by atoms with Crippen LogP contribution in [0.2, 0.25) is 0 Å². The Balaban J connectivity index is 0. The highest BCUT2D eigenvalue weighted by atomic mass is 35.5. The monoisotopic (exact) mass is 313 g/mol. The molecule has 6 heteroatoms. The normalized spacial score (nSPS) is 17.3. The zero-order chi connectivity index (χ0) is 12.7. The third kappa shape index (κ3) is 7.98. The van der Waals surface area contributed by atoms with Crippen LogP contribution >= 0.6 is 24.8 Å². The summed E-state index contributed by atoms with van der Waals surface area (Å²) < 4.78 is 0. The van der Waals surface area contributed by atoms with Gasteiger partial charge < -0.3 is 15.5 Å². The fourth-order valence-corrected chi connectivity index (χ4v) is 2.36. The second kappa shape index (κ2) is 11.8. The highest BCUT2D eigenvalue weighted by molar-refractivity contribution is 5.85. The fourth-order valence-electron chi connectivity index (χ4n) is 2.36. The van der Waals surface area contributed by atoms with Crippen LogP contribution in [0.3, 0.4) is 0 Å². The van der Waals surface area contributed by atoms with E-state index >= 15 is 0 Å². The van der Waals surface area contributed by atoms with E-state index in [0.29, 0.717) is 0 Å². The summed E-state index contributed by atoms with van der Waals surface area (Å²) in [4.78, 5) is 14.3. The first-order valence-corrected chi connectivity index (χ1v) is 6.90. The quantitative estimate of drug-likeness (QED) is 0.784. The van der Waals surface area contributed by atoms with E-state index in [-0.39, 0.29) is 42.7 Å². The molecule has 4 nitrogen and oxygen atoms in total. The summed E-state index contributed by atoms with van der Waals surface area (Å²) >= 11 is 0. The third-order valence-corrected chi connectivity index (χ3v) is 3.53. The molecule has 19 heavy (non-hydrogen) atoms. The van der Waals surface area contributed by atoms with Crippen molar-refractivity contribution >= 4 is 30.7 Å². The highest BCUT2D eigenvalue weighted by Gasteiger charge is 2.22. The second-order valence-corrected chi connectivity index (χ2v) is 4.92. The molecule has 0 aromatic carbocycles. The van der Waals surface area contributed by atoms with Gasteiger partial charge in [-0.05, 0) is 45.9 Å². The molecule has 1 unspecified atom stereocenters. The number of hydrogen-bond acceptors (Lipinski definition) is 3. The largest absolute Gasteiger partial charge is 0.352 e. The van der Waals surface area contributed by atoms with Crippen molar-refractivity contribution in [3.05, 3.63) is 0 Å². The molecule has 116 valence electrons. The van der Waals surface area contributed by atoms with Crippen LogP contribution in [0.4, 0.5) is 0 Å². The van der Waals surface area contributed by atoms with Crippen LogP contribution in [0.5, 0.6) is 0 Å². The van der Waals surface area contributed by atoms with E-state index < -0.39 is 0 Å². The number of halogens is 2. The lowest BCUT2D eigenvalue weighted by Gasteiger charge is -2.27.